The van der Waals surface area contributed by atoms with Crippen LogP contribution in [0.5, 0.6) is 0 Å². The zero-order chi connectivity index (χ0) is 23.7. The number of rotatable bonds is 6. The average Bonchev–Trinajstić information content (AvgIpc) is 3.57. The number of carbonyl (C=O) groups is 3. The van der Waals surface area contributed by atoms with Gasteiger partial charge in [-0.1, -0.05) is 60.2 Å². The van der Waals surface area contributed by atoms with Crippen LogP contribution in [0.15, 0.2) is 82.5 Å². The number of hydrogen-bond acceptors (Lipinski definition) is 5. The molecule has 1 aromatic heterocycles. The SMILES string of the molecule is Cc1ccc(C2=NN(C(=O)CN3C(=O)N[C@@H](Cc4ccccc4)C3=O)[C@H](c3ccco3)C2)cc1. The Bertz CT molecular complexity index is 1240. The van der Waals surface area contributed by atoms with Crippen molar-refractivity contribution < 1.29 is 18.8 Å². The van der Waals surface area contributed by atoms with E-state index in [0.29, 0.717) is 18.6 Å². The van der Waals surface area contributed by atoms with Crippen molar-refractivity contribution in [1.82, 2.24) is 15.2 Å². The van der Waals surface area contributed by atoms with Crippen molar-refractivity contribution in [1.29, 1.82) is 0 Å². The molecule has 2 atom stereocenters. The van der Waals surface area contributed by atoms with Gasteiger partial charge in [0, 0.05) is 12.8 Å². The van der Waals surface area contributed by atoms with E-state index in [4.69, 9.17) is 4.42 Å². The van der Waals surface area contributed by atoms with Gasteiger partial charge in [-0.3, -0.25) is 14.5 Å². The van der Waals surface area contributed by atoms with Crippen LogP contribution < -0.4 is 5.32 Å². The first kappa shape index (κ1) is 21.6. The monoisotopic (exact) mass is 456 g/mol. The summed E-state index contributed by atoms with van der Waals surface area (Å²) in [5.41, 5.74) is 3.71. The second-order valence-corrected chi connectivity index (χ2v) is 8.50. The summed E-state index contributed by atoms with van der Waals surface area (Å²) >= 11 is 0. The predicted octanol–water partition coefficient (Wildman–Crippen LogP) is 3.43. The number of aryl methyl sites for hydroxylation is 1. The van der Waals surface area contributed by atoms with E-state index in [1.54, 1.807) is 18.4 Å². The summed E-state index contributed by atoms with van der Waals surface area (Å²) in [5.74, 6) is -0.274. The number of amides is 4. The predicted molar refractivity (Wildman–Crippen MR) is 125 cm³/mol. The molecule has 34 heavy (non-hydrogen) atoms. The van der Waals surface area contributed by atoms with Crippen molar-refractivity contribution in [3.63, 3.8) is 0 Å². The Labute approximate surface area is 196 Å². The molecular formula is C26H24N4O4. The molecule has 0 aliphatic carbocycles. The van der Waals surface area contributed by atoms with Gasteiger partial charge in [-0.25, -0.2) is 9.80 Å². The van der Waals surface area contributed by atoms with E-state index in [9.17, 15) is 14.4 Å². The third-order valence-corrected chi connectivity index (χ3v) is 6.11. The van der Waals surface area contributed by atoms with Gasteiger partial charge in [-0.05, 0) is 30.2 Å². The van der Waals surface area contributed by atoms with Gasteiger partial charge in [0.1, 0.15) is 24.4 Å². The molecule has 2 aromatic carbocycles. The smallest absolute Gasteiger partial charge is 0.325 e. The molecule has 0 bridgehead atoms. The van der Waals surface area contributed by atoms with Gasteiger partial charge in [0.15, 0.2) is 0 Å². The Morgan fingerprint density at radius 2 is 1.82 bits per heavy atom. The Balaban J connectivity index is 1.34. The molecule has 1 saturated heterocycles. The maximum atomic E-state index is 13.3. The van der Waals surface area contributed by atoms with Crippen LogP contribution in [0.2, 0.25) is 0 Å². The van der Waals surface area contributed by atoms with Gasteiger partial charge >= 0.3 is 6.03 Å². The molecule has 8 heteroatoms. The van der Waals surface area contributed by atoms with Crippen molar-refractivity contribution in [2.75, 3.05) is 6.54 Å². The summed E-state index contributed by atoms with van der Waals surface area (Å²) in [4.78, 5) is 39.7. The average molecular weight is 457 g/mol. The van der Waals surface area contributed by atoms with Crippen LogP contribution in [0, 0.1) is 6.92 Å². The number of urea groups is 1. The van der Waals surface area contributed by atoms with E-state index >= 15 is 0 Å². The summed E-state index contributed by atoms with van der Waals surface area (Å²) in [6.45, 7) is 1.61. The van der Waals surface area contributed by atoms with Crippen LogP contribution in [0.1, 0.15) is 34.9 Å². The maximum Gasteiger partial charge on any atom is 0.325 e. The Kier molecular flexibility index (Phi) is 5.71. The topological polar surface area (TPSA) is 95.2 Å². The summed E-state index contributed by atoms with van der Waals surface area (Å²) in [6, 6.07) is 19.2. The van der Waals surface area contributed by atoms with E-state index in [-0.39, 0.29) is 0 Å². The lowest BCUT2D eigenvalue weighted by molar-refractivity contribution is -0.138. The molecule has 2 aliphatic heterocycles. The van der Waals surface area contributed by atoms with Crippen LogP contribution in [0.4, 0.5) is 4.79 Å². The van der Waals surface area contributed by atoms with Crippen LogP contribution >= 0.6 is 0 Å². The van der Waals surface area contributed by atoms with Crippen molar-refractivity contribution in [2.24, 2.45) is 5.10 Å². The molecule has 0 unspecified atom stereocenters. The summed E-state index contributed by atoms with van der Waals surface area (Å²) in [7, 11) is 0. The maximum absolute atomic E-state index is 13.3. The van der Waals surface area contributed by atoms with Crippen LogP contribution in [-0.2, 0) is 16.0 Å². The van der Waals surface area contributed by atoms with E-state index in [2.05, 4.69) is 10.4 Å². The molecule has 0 radical (unpaired) electrons. The second-order valence-electron chi connectivity index (χ2n) is 8.50. The number of furan rings is 1. The van der Waals surface area contributed by atoms with Crippen molar-refractivity contribution >= 4 is 23.6 Å². The first-order valence-corrected chi connectivity index (χ1v) is 11.2. The molecule has 1 fully saturated rings. The van der Waals surface area contributed by atoms with Gasteiger partial charge in [0.25, 0.3) is 11.8 Å². The minimum Gasteiger partial charge on any atom is -0.467 e. The standard InChI is InChI=1S/C26H24N4O4/c1-17-9-11-19(12-10-17)20-15-22(23-8-5-13-34-23)30(28-20)24(31)16-29-25(32)21(27-26(29)33)14-18-6-3-2-4-7-18/h2-13,21-22H,14-16H2,1H3,(H,27,33)/t21-,22-/m0/s1. The fourth-order valence-electron chi connectivity index (χ4n) is 4.29. The minimum absolute atomic E-state index is 0.366. The van der Waals surface area contributed by atoms with Gasteiger partial charge in [-0.15, -0.1) is 0 Å². The third kappa shape index (κ3) is 4.22. The number of imide groups is 1. The van der Waals surface area contributed by atoms with E-state index in [1.165, 1.54) is 5.01 Å². The van der Waals surface area contributed by atoms with Crippen LogP contribution in [-0.4, -0.2) is 46.1 Å². The second kappa shape index (κ2) is 8.97. The normalized spacial score (nSPS) is 20.0. The molecule has 5 rings (SSSR count). The summed E-state index contributed by atoms with van der Waals surface area (Å²) < 4.78 is 5.57. The number of hydrogen-bond donors (Lipinski definition) is 1. The molecule has 0 saturated carbocycles. The van der Waals surface area contributed by atoms with Gasteiger partial charge in [0.2, 0.25) is 0 Å². The Morgan fingerprint density at radius 3 is 2.53 bits per heavy atom. The first-order chi connectivity index (χ1) is 16.5. The molecule has 3 heterocycles. The van der Waals surface area contributed by atoms with E-state index < -0.39 is 36.5 Å². The van der Waals surface area contributed by atoms with Gasteiger partial charge < -0.3 is 9.73 Å². The lowest BCUT2D eigenvalue weighted by Crippen LogP contribution is -2.41. The number of nitrogens with one attached hydrogen (secondary N) is 1. The fourth-order valence-corrected chi connectivity index (χ4v) is 4.29. The van der Waals surface area contributed by atoms with Gasteiger partial charge in [-0.2, -0.15) is 5.10 Å². The number of carbonyl (C=O) groups excluding carboxylic acids is 3. The zero-order valence-corrected chi connectivity index (χ0v) is 18.7. The summed E-state index contributed by atoms with van der Waals surface area (Å²) in [6.07, 6.45) is 2.39. The lowest BCUT2D eigenvalue weighted by Gasteiger charge is -2.22. The largest absolute Gasteiger partial charge is 0.467 e. The third-order valence-electron chi connectivity index (χ3n) is 6.11. The minimum atomic E-state index is -0.700. The quantitative estimate of drug-likeness (QED) is 0.575. The van der Waals surface area contributed by atoms with Crippen LogP contribution in [0.25, 0.3) is 0 Å². The lowest BCUT2D eigenvalue weighted by atomic mass is 10.0. The number of benzene rings is 2. The summed E-state index contributed by atoms with van der Waals surface area (Å²) in [5, 5.41) is 8.60. The highest BCUT2D eigenvalue weighted by Crippen LogP contribution is 2.33. The Morgan fingerprint density at radius 1 is 1.06 bits per heavy atom. The van der Waals surface area contributed by atoms with Crippen molar-refractivity contribution in [3.8, 4) is 0 Å². The van der Waals surface area contributed by atoms with Gasteiger partial charge in [0.05, 0.1) is 12.0 Å². The highest BCUT2D eigenvalue weighted by Gasteiger charge is 2.42. The molecular weight excluding hydrogens is 432 g/mol. The molecule has 2 aliphatic rings. The first-order valence-electron chi connectivity index (χ1n) is 11.2. The van der Waals surface area contributed by atoms with E-state index in [1.807, 2.05) is 61.5 Å². The molecule has 3 aromatic rings. The number of hydrazone groups is 1. The Hall–Kier alpha value is -4.20. The molecule has 0 spiro atoms. The highest BCUT2D eigenvalue weighted by molar-refractivity contribution is 6.07. The highest BCUT2D eigenvalue weighted by atomic mass is 16.3. The molecule has 1 N–H and O–H groups in total. The van der Waals surface area contributed by atoms with E-state index in [0.717, 1.165) is 27.3 Å². The molecule has 172 valence electrons. The zero-order valence-electron chi connectivity index (χ0n) is 18.7. The number of nitrogens with zero attached hydrogens (tertiary/aromatic N) is 3. The van der Waals surface area contributed by atoms with Crippen molar-refractivity contribution in [3.05, 3.63) is 95.4 Å². The fraction of sp³-hybridized carbons (Fsp3) is 0.231. The van der Waals surface area contributed by atoms with Crippen LogP contribution in [0.3, 0.4) is 0 Å². The molecule has 8 nitrogen and oxygen atoms in total. The van der Waals surface area contributed by atoms with Crippen molar-refractivity contribution in [2.45, 2.75) is 31.8 Å². The molecule has 4 amide bonds.